The Morgan fingerprint density at radius 2 is 1.12 bits per heavy atom. The van der Waals surface area contributed by atoms with Gasteiger partial charge in [-0.2, -0.15) is 0 Å². The Bertz CT molecular complexity index is 27.2. The van der Waals surface area contributed by atoms with Gasteiger partial charge in [0.15, 0.2) is 0 Å². The molecular weight excluding hydrogens is 472 g/mol. The first kappa shape index (κ1) is 48.5. The van der Waals surface area contributed by atoms with Gasteiger partial charge in [-0.25, -0.2) is 0 Å². The number of rotatable bonds is 0. The van der Waals surface area contributed by atoms with E-state index in [9.17, 15) is 0 Å². The standard InChI is InChI=1S/2ClH.2K.Li.Nb.O.Pb.4H/h2*1H;;;;;;;;;;/q;;3*+1;;;;;;2*-1/p-1. The van der Waals surface area contributed by atoms with Crippen molar-refractivity contribution in [2.75, 3.05) is 0 Å². The maximum absolute atomic E-state index is 8.30. The molecule has 0 aromatic carbocycles. The van der Waals surface area contributed by atoms with Crippen molar-refractivity contribution in [1.29, 1.82) is 0 Å². The summed E-state index contributed by atoms with van der Waals surface area (Å²) in [4.78, 5) is 0. The van der Waals surface area contributed by atoms with Crippen LogP contribution in [0, 0.1) is 0 Å². The van der Waals surface area contributed by atoms with Crippen molar-refractivity contribution in [3.05, 3.63) is 0 Å². The number of hydrogen-bond donors (Lipinski definition) is 0. The summed E-state index contributed by atoms with van der Waals surface area (Å²) in [6.07, 6.45) is 0. The molecule has 0 saturated heterocycles. The summed E-state index contributed by atoms with van der Waals surface area (Å²) in [5.74, 6) is 0. The molecule has 0 spiro atoms. The van der Waals surface area contributed by atoms with Gasteiger partial charge in [-0.05, 0) is 0 Å². The van der Waals surface area contributed by atoms with Crippen LogP contribution in [0.1, 0.15) is 2.85 Å². The van der Waals surface area contributed by atoms with E-state index in [0.29, 0.717) is 21.0 Å². The zero-order valence-electron chi connectivity index (χ0n) is 7.35. The molecule has 1 nitrogen and oxygen atoms in total. The van der Waals surface area contributed by atoms with Crippen molar-refractivity contribution in [1.82, 2.24) is 0 Å². The molecular formula is H5Cl2K2LiNbOPb. The molecule has 8 heteroatoms. The van der Waals surface area contributed by atoms with Gasteiger partial charge in [-0.15, -0.1) is 12.4 Å². The molecule has 0 amide bonds. The molecule has 0 bridgehead atoms. The quantitative estimate of drug-likeness (QED) is 0.317. The topological polar surface area (TPSA) is 17.1 Å². The second-order valence-electron chi connectivity index (χ2n) is 0. The molecule has 0 aliphatic rings. The van der Waals surface area contributed by atoms with E-state index in [4.69, 9.17) is 3.25 Å². The fourth-order valence-corrected chi connectivity index (χ4v) is 0. The molecule has 0 aromatic heterocycles. The summed E-state index contributed by atoms with van der Waals surface area (Å²) >= 11 is 0.500. The van der Waals surface area contributed by atoms with Crippen molar-refractivity contribution < 1.29 is 161 Å². The van der Waals surface area contributed by atoms with Crippen molar-refractivity contribution in [2.45, 2.75) is 0 Å². The molecule has 0 rings (SSSR count). The maximum atomic E-state index is 8.30. The van der Waals surface area contributed by atoms with Crippen LogP contribution < -0.4 is 134 Å². The summed E-state index contributed by atoms with van der Waals surface area (Å²) in [7, 11) is 0. The molecule has 0 aliphatic heterocycles. The fourth-order valence-electron chi connectivity index (χ4n) is 0. The molecule has 0 unspecified atom stereocenters. The van der Waals surface area contributed by atoms with Crippen molar-refractivity contribution in [3.63, 3.8) is 0 Å². The molecule has 0 heterocycles. The van der Waals surface area contributed by atoms with Crippen molar-refractivity contribution >= 4 is 39.7 Å². The van der Waals surface area contributed by atoms with E-state index in [1.165, 1.54) is 0 Å². The predicted molar refractivity (Wildman–Crippen MR) is 18.7 cm³/mol. The zero-order chi connectivity index (χ0) is 2.00. The molecule has 0 aromatic rings. The Hall–Kier alpha value is 5.91. The van der Waals surface area contributed by atoms with Gasteiger partial charge in [0, 0.05) is 0 Å². The van der Waals surface area contributed by atoms with E-state index in [-0.39, 0.29) is 177 Å². The Morgan fingerprint density at radius 1 is 1.12 bits per heavy atom. The van der Waals surface area contributed by atoms with E-state index in [1.54, 1.807) is 0 Å². The summed E-state index contributed by atoms with van der Waals surface area (Å²) < 4.78 is 8.30. The van der Waals surface area contributed by atoms with Gasteiger partial charge in [-0.3, -0.25) is 0 Å². The van der Waals surface area contributed by atoms with E-state index in [1.807, 2.05) is 0 Å². The van der Waals surface area contributed by atoms with Crippen LogP contribution in [0.3, 0.4) is 0 Å². The molecule has 0 atom stereocenters. The number of halogens is 2. The molecule has 37 valence electrons. The molecule has 8 heavy (non-hydrogen) atoms. The first-order chi connectivity index (χ1) is 1.00. The van der Waals surface area contributed by atoms with Gasteiger partial charge in [-0.1, -0.05) is 0 Å². The van der Waals surface area contributed by atoms with Crippen LogP contribution in [0.15, 0.2) is 0 Å². The second kappa shape index (κ2) is 52.4. The third-order valence-electron chi connectivity index (χ3n) is 0. The van der Waals surface area contributed by atoms with Crippen LogP contribution in [0.4, 0.5) is 0 Å². The van der Waals surface area contributed by atoms with Crippen LogP contribution in [0.5, 0.6) is 0 Å². The molecule has 2 radical (unpaired) electrons. The Kier molecular flexibility index (Phi) is 318. The van der Waals surface area contributed by atoms with Gasteiger partial charge in [0.05, 0.1) is 0 Å². The van der Waals surface area contributed by atoms with Crippen molar-refractivity contribution in [2.24, 2.45) is 0 Å². The molecule has 0 saturated carbocycles. The average Bonchev–Trinajstić information content (AvgIpc) is 1.00. The molecule has 0 N–H and O–H groups in total. The normalized spacial score (nSPS) is 0.375. The summed E-state index contributed by atoms with van der Waals surface area (Å²) in [6, 6.07) is 0. The second-order valence-corrected chi connectivity index (χ2v) is 0. The molecule has 0 fully saturated rings. The first-order valence-corrected chi connectivity index (χ1v) is 1.08. The van der Waals surface area contributed by atoms with Gasteiger partial charge >= 0.3 is 173 Å². The van der Waals surface area contributed by atoms with Gasteiger partial charge in [0.1, 0.15) is 0 Å². The zero-order valence-corrected chi connectivity index (χ0v) is 20.9. The predicted octanol–water partition coefficient (Wildman–Crippen LogP) is -12.4. The minimum absolute atomic E-state index is 0. The van der Waals surface area contributed by atoms with Crippen LogP contribution in [0.25, 0.3) is 0 Å². The van der Waals surface area contributed by atoms with Crippen LogP contribution in [-0.2, 0) is 24.3 Å². The van der Waals surface area contributed by atoms with Crippen LogP contribution >= 0.6 is 12.4 Å². The average molecular weight is 477 g/mol. The number of hydrogen-bond acceptors (Lipinski definition) is 1. The minimum atomic E-state index is 0. The van der Waals surface area contributed by atoms with E-state index < -0.39 is 0 Å². The monoisotopic (exact) mass is 477 g/mol. The third-order valence-corrected chi connectivity index (χ3v) is 0. The van der Waals surface area contributed by atoms with Gasteiger partial charge in [0.2, 0.25) is 0 Å². The first-order valence-electron chi connectivity index (χ1n) is 0.183. The van der Waals surface area contributed by atoms with Crippen molar-refractivity contribution in [3.8, 4) is 0 Å². The summed E-state index contributed by atoms with van der Waals surface area (Å²) in [5, 5.41) is 0. The fraction of sp³-hybridized carbons (Fsp3) is 0. The Labute approximate surface area is 195 Å². The summed E-state index contributed by atoms with van der Waals surface area (Å²) in [5.41, 5.74) is 0. The Morgan fingerprint density at radius 3 is 1.12 bits per heavy atom. The van der Waals surface area contributed by atoms with E-state index in [0.717, 1.165) is 0 Å². The van der Waals surface area contributed by atoms with E-state index in [2.05, 4.69) is 0 Å². The Balaban J connectivity index is -0.000000000179. The van der Waals surface area contributed by atoms with Gasteiger partial charge < -0.3 is 15.3 Å². The summed E-state index contributed by atoms with van der Waals surface area (Å²) in [6.45, 7) is 0. The van der Waals surface area contributed by atoms with Crippen LogP contribution in [-0.4, -0.2) is 27.3 Å². The third kappa shape index (κ3) is 40.6. The SMILES string of the molecule is Cl.[Cl-].[H-].[H-].[K+].[K+].[Li+].[O]=[Nb].[PbH2]. The van der Waals surface area contributed by atoms with Crippen LogP contribution in [0.2, 0.25) is 0 Å². The van der Waals surface area contributed by atoms with Gasteiger partial charge in [0.25, 0.3) is 0 Å². The van der Waals surface area contributed by atoms with E-state index >= 15 is 0 Å². The molecule has 0 aliphatic carbocycles.